The van der Waals surface area contributed by atoms with Crippen molar-refractivity contribution in [3.8, 4) is 0 Å². The highest BCUT2D eigenvalue weighted by molar-refractivity contribution is 7.99. The third-order valence-electron chi connectivity index (χ3n) is 3.18. The molecule has 0 saturated heterocycles. The minimum Gasteiger partial charge on any atom is -0.334 e. The molecule has 1 aromatic heterocycles. The van der Waals surface area contributed by atoms with Gasteiger partial charge in [0.2, 0.25) is 0 Å². The summed E-state index contributed by atoms with van der Waals surface area (Å²) in [6, 6.07) is 7.63. The van der Waals surface area contributed by atoms with E-state index in [-0.39, 0.29) is 6.03 Å². The summed E-state index contributed by atoms with van der Waals surface area (Å²) in [5.74, 6) is 1.01. The fraction of sp³-hybridized carbons (Fsp3) is 0.333. The molecule has 0 saturated carbocycles. The molecule has 1 heterocycles. The molecule has 0 aliphatic heterocycles. The summed E-state index contributed by atoms with van der Waals surface area (Å²) in [7, 11) is 1.88. The molecular formula is C15H20N4OS. The van der Waals surface area contributed by atoms with Crippen molar-refractivity contribution in [2.24, 2.45) is 7.05 Å². The standard InChI is InChI=1S/C15H20N4OS/c1-4-21-14-7-5-6-13(8-14)18-15(20)16-9-12-10-17-19(3)11(12)2/h5-8,10H,4,9H2,1-3H3,(H2,16,18,20). The number of rotatable bonds is 5. The Hall–Kier alpha value is -1.95. The highest BCUT2D eigenvalue weighted by atomic mass is 32.2. The predicted octanol–water partition coefficient (Wildman–Crippen LogP) is 3.16. The van der Waals surface area contributed by atoms with Crippen LogP contribution in [0.4, 0.5) is 10.5 Å². The Labute approximate surface area is 129 Å². The first-order valence-corrected chi connectivity index (χ1v) is 7.84. The molecule has 2 amide bonds. The van der Waals surface area contributed by atoms with Crippen molar-refractivity contribution in [2.45, 2.75) is 25.3 Å². The largest absolute Gasteiger partial charge is 0.334 e. The number of thioether (sulfide) groups is 1. The van der Waals surface area contributed by atoms with Gasteiger partial charge in [-0.05, 0) is 30.9 Å². The average molecular weight is 304 g/mol. The molecule has 112 valence electrons. The number of benzene rings is 1. The van der Waals surface area contributed by atoms with E-state index in [1.807, 2.05) is 38.2 Å². The Morgan fingerprint density at radius 3 is 2.90 bits per heavy atom. The SMILES string of the molecule is CCSc1cccc(NC(=O)NCc2cnn(C)c2C)c1. The number of urea groups is 1. The molecule has 0 bridgehead atoms. The van der Waals surface area contributed by atoms with Crippen LogP contribution in [0, 0.1) is 6.92 Å². The first-order chi connectivity index (χ1) is 10.1. The van der Waals surface area contributed by atoms with Gasteiger partial charge in [0.15, 0.2) is 0 Å². The van der Waals surface area contributed by atoms with Crippen molar-refractivity contribution in [3.05, 3.63) is 41.7 Å². The van der Waals surface area contributed by atoms with E-state index in [0.29, 0.717) is 6.54 Å². The van der Waals surface area contributed by atoms with E-state index >= 15 is 0 Å². The maximum Gasteiger partial charge on any atom is 0.319 e. The van der Waals surface area contributed by atoms with Crippen LogP contribution in [0.1, 0.15) is 18.2 Å². The van der Waals surface area contributed by atoms with Crippen molar-refractivity contribution in [1.29, 1.82) is 0 Å². The molecule has 5 nitrogen and oxygen atoms in total. The predicted molar refractivity (Wildman–Crippen MR) is 86.6 cm³/mol. The number of hydrogen-bond acceptors (Lipinski definition) is 3. The van der Waals surface area contributed by atoms with Crippen LogP contribution in [0.3, 0.4) is 0 Å². The number of hydrogen-bond donors (Lipinski definition) is 2. The van der Waals surface area contributed by atoms with Crippen molar-refractivity contribution >= 4 is 23.5 Å². The lowest BCUT2D eigenvalue weighted by atomic mass is 10.2. The number of aromatic nitrogens is 2. The Kier molecular flexibility index (Phi) is 5.27. The van der Waals surface area contributed by atoms with Gasteiger partial charge >= 0.3 is 6.03 Å². The molecule has 2 N–H and O–H groups in total. The van der Waals surface area contributed by atoms with Gasteiger partial charge in [0.25, 0.3) is 0 Å². The molecule has 0 aliphatic carbocycles. The summed E-state index contributed by atoms with van der Waals surface area (Å²) in [5, 5.41) is 9.84. The molecule has 1 aromatic carbocycles. The number of carbonyl (C=O) groups is 1. The lowest BCUT2D eigenvalue weighted by Gasteiger charge is -2.08. The van der Waals surface area contributed by atoms with Crippen LogP contribution in [-0.2, 0) is 13.6 Å². The van der Waals surface area contributed by atoms with E-state index in [2.05, 4.69) is 22.7 Å². The number of nitrogens with one attached hydrogen (secondary N) is 2. The molecule has 6 heteroatoms. The van der Waals surface area contributed by atoms with E-state index in [4.69, 9.17) is 0 Å². The molecular weight excluding hydrogens is 284 g/mol. The van der Waals surface area contributed by atoms with E-state index in [9.17, 15) is 4.79 Å². The second kappa shape index (κ2) is 7.17. The Morgan fingerprint density at radius 2 is 2.24 bits per heavy atom. The quantitative estimate of drug-likeness (QED) is 0.834. The first-order valence-electron chi connectivity index (χ1n) is 6.85. The maximum absolute atomic E-state index is 11.9. The van der Waals surface area contributed by atoms with Gasteiger partial charge in [0.05, 0.1) is 6.20 Å². The molecule has 2 aromatic rings. The van der Waals surface area contributed by atoms with Gasteiger partial charge in [0, 0.05) is 35.4 Å². The number of carbonyl (C=O) groups excluding carboxylic acids is 1. The number of nitrogens with zero attached hydrogens (tertiary/aromatic N) is 2. The lowest BCUT2D eigenvalue weighted by molar-refractivity contribution is 0.251. The molecule has 0 atom stereocenters. The number of anilines is 1. The third-order valence-corrected chi connectivity index (χ3v) is 4.06. The second-order valence-corrected chi connectivity index (χ2v) is 5.98. The first kappa shape index (κ1) is 15.4. The normalized spacial score (nSPS) is 10.4. The Balaban J connectivity index is 1.89. The van der Waals surface area contributed by atoms with Crippen molar-refractivity contribution in [1.82, 2.24) is 15.1 Å². The smallest absolute Gasteiger partial charge is 0.319 e. The van der Waals surface area contributed by atoms with Crippen molar-refractivity contribution < 1.29 is 4.79 Å². The van der Waals surface area contributed by atoms with Crippen LogP contribution in [0.25, 0.3) is 0 Å². The van der Waals surface area contributed by atoms with Crippen LogP contribution in [0.5, 0.6) is 0 Å². The third kappa shape index (κ3) is 4.26. The van der Waals surface area contributed by atoms with Crippen molar-refractivity contribution in [3.63, 3.8) is 0 Å². The minimum atomic E-state index is -0.211. The molecule has 0 spiro atoms. The van der Waals surface area contributed by atoms with Crippen LogP contribution in [-0.4, -0.2) is 21.6 Å². The van der Waals surface area contributed by atoms with E-state index < -0.39 is 0 Å². The van der Waals surface area contributed by atoms with Gasteiger partial charge in [-0.3, -0.25) is 4.68 Å². The molecule has 0 aliphatic rings. The zero-order valence-electron chi connectivity index (χ0n) is 12.5. The zero-order valence-corrected chi connectivity index (χ0v) is 13.3. The zero-order chi connectivity index (χ0) is 15.2. The average Bonchev–Trinajstić information content (AvgIpc) is 2.77. The highest BCUT2D eigenvalue weighted by Crippen LogP contribution is 2.21. The fourth-order valence-electron chi connectivity index (χ4n) is 1.90. The molecule has 21 heavy (non-hydrogen) atoms. The van der Waals surface area contributed by atoms with Gasteiger partial charge in [0.1, 0.15) is 0 Å². The summed E-state index contributed by atoms with van der Waals surface area (Å²) < 4.78 is 1.79. The van der Waals surface area contributed by atoms with Crippen LogP contribution < -0.4 is 10.6 Å². The van der Waals surface area contributed by atoms with Gasteiger partial charge in [-0.15, -0.1) is 11.8 Å². The molecule has 2 rings (SSSR count). The van der Waals surface area contributed by atoms with Gasteiger partial charge in [-0.25, -0.2) is 4.79 Å². The lowest BCUT2D eigenvalue weighted by Crippen LogP contribution is -2.28. The van der Waals surface area contributed by atoms with E-state index in [0.717, 1.165) is 27.6 Å². The van der Waals surface area contributed by atoms with Crippen LogP contribution in [0.2, 0.25) is 0 Å². The summed E-state index contributed by atoms with van der Waals surface area (Å²) >= 11 is 1.75. The van der Waals surface area contributed by atoms with Gasteiger partial charge < -0.3 is 10.6 Å². The second-order valence-electron chi connectivity index (χ2n) is 4.65. The fourth-order valence-corrected chi connectivity index (χ4v) is 2.62. The summed E-state index contributed by atoms with van der Waals surface area (Å²) in [6.45, 7) is 4.55. The Bertz CT molecular complexity index is 624. The van der Waals surface area contributed by atoms with Crippen LogP contribution >= 0.6 is 11.8 Å². The van der Waals surface area contributed by atoms with Crippen LogP contribution in [0.15, 0.2) is 35.4 Å². The summed E-state index contributed by atoms with van der Waals surface area (Å²) in [6.07, 6.45) is 1.77. The summed E-state index contributed by atoms with van der Waals surface area (Å²) in [5.41, 5.74) is 2.87. The van der Waals surface area contributed by atoms with E-state index in [1.165, 1.54) is 0 Å². The minimum absolute atomic E-state index is 0.211. The highest BCUT2D eigenvalue weighted by Gasteiger charge is 2.06. The molecule has 0 radical (unpaired) electrons. The molecule has 0 unspecified atom stereocenters. The van der Waals surface area contributed by atoms with E-state index in [1.54, 1.807) is 22.6 Å². The Morgan fingerprint density at radius 1 is 1.43 bits per heavy atom. The topological polar surface area (TPSA) is 59.0 Å². The number of amides is 2. The monoisotopic (exact) mass is 304 g/mol. The molecule has 0 fully saturated rings. The number of aryl methyl sites for hydroxylation is 1. The van der Waals surface area contributed by atoms with Gasteiger partial charge in [-0.2, -0.15) is 5.10 Å². The van der Waals surface area contributed by atoms with Gasteiger partial charge in [-0.1, -0.05) is 13.0 Å². The summed E-state index contributed by atoms with van der Waals surface area (Å²) in [4.78, 5) is 13.1. The maximum atomic E-state index is 11.9. The van der Waals surface area contributed by atoms with Crippen molar-refractivity contribution in [2.75, 3.05) is 11.1 Å².